The fourth-order valence-electron chi connectivity index (χ4n) is 5.11. The summed E-state index contributed by atoms with van der Waals surface area (Å²) in [7, 11) is -3.89. The van der Waals surface area contributed by atoms with Crippen molar-refractivity contribution >= 4 is 49.8 Å². The molecule has 0 aliphatic carbocycles. The van der Waals surface area contributed by atoms with E-state index in [0.717, 1.165) is 17.0 Å². The van der Waals surface area contributed by atoms with Gasteiger partial charge in [0.05, 0.1) is 5.69 Å². The van der Waals surface area contributed by atoms with Gasteiger partial charge in [0, 0.05) is 71.9 Å². The first kappa shape index (κ1) is 26.2. The van der Waals surface area contributed by atoms with E-state index in [4.69, 9.17) is 11.6 Å². The van der Waals surface area contributed by atoms with Crippen molar-refractivity contribution in [3.8, 4) is 0 Å². The highest BCUT2D eigenvalue weighted by Gasteiger charge is 2.38. The zero-order valence-corrected chi connectivity index (χ0v) is 23.3. The number of hydrogen-bond donors (Lipinski definition) is 3. The molecule has 1 amide bonds. The summed E-state index contributed by atoms with van der Waals surface area (Å²) in [6.07, 6.45) is 1.42. The molecule has 2 aliphatic rings. The number of piperazine rings is 1. The summed E-state index contributed by atoms with van der Waals surface area (Å²) in [5.74, 6) is -0.552. The van der Waals surface area contributed by atoms with Crippen molar-refractivity contribution in [3.63, 3.8) is 0 Å². The number of benzene rings is 1. The van der Waals surface area contributed by atoms with Crippen molar-refractivity contribution < 1.29 is 17.7 Å². The van der Waals surface area contributed by atoms with E-state index >= 15 is 0 Å². The number of hydrogen-bond acceptors (Lipinski definition) is 9. The van der Waals surface area contributed by atoms with Crippen molar-refractivity contribution in [2.75, 3.05) is 19.6 Å². The largest absolute Gasteiger partial charge is 0.438 e. The van der Waals surface area contributed by atoms with Gasteiger partial charge in [-0.05, 0) is 37.6 Å². The Balaban J connectivity index is 1.27. The number of thiazole rings is 1. The third-order valence-electron chi connectivity index (χ3n) is 7.15. The van der Waals surface area contributed by atoms with Crippen LogP contribution in [0.25, 0.3) is 10.9 Å². The maximum absolute atomic E-state index is 13.7. The van der Waals surface area contributed by atoms with Crippen LogP contribution in [0.15, 0.2) is 38.6 Å². The lowest BCUT2D eigenvalue weighted by Crippen LogP contribution is -2.56. The molecule has 3 aromatic heterocycles. The smallest absolute Gasteiger partial charge is 0.345 e. The highest BCUT2D eigenvalue weighted by molar-refractivity contribution is 7.89. The van der Waals surface area contributed by atoms with Gasteiger partial charge in [-0.15, -0.1) is 11.3 Å². The molecule has 6 rings (SSSR count). The second-order valence-electron chi connectivity index (χ2n) is 9.84. The Morgan fingerprint density at radius 2 is 2.10 bits per heavy atom. The molecule has 15 heteroatoms. The van der Waals surface area contributed by atoms with Crippen molar-refractivity contribution in [2.24, 2.45) is 0 Å². The van der Waals surface area contributed by atoms with Crippen molar-refractivity contribution in [3.05, 3.63) is 61.2 Å². The molecule has 1 aromatic carbocycles. The molecule has 2 atom stereocenters. The highest BCUT2D eigenvalue weighted by atomic mass is 35.5. The third-order valence-corrected chi connectivity index (χ3v) is 10.3. The number of halogens is 1. The van der Waals surface area contributed by atoms with Gasteiger partial charge in [0.15, 0.2) is 10.8 Å². The van der Waals surface area contributed by atoms with Crippen LogP contribution in [0, 0.1) is 0 Å². The number of carbonyl (C=O) groups excluding carboxylic acids is 1. The Morgan fingerprint density at radius 3 is 2.90 bits per heavy atom. The number of aromatic nitrogens is 4. The molecule has 1 fully saturated rings. The number of amides is 1. The number of H-pyrrole nitrogens is 2. The van der Waals surface area contributed by atoms with Crippen LogP contribution in [0.2, 0.25) is 5.02 Å². The van der Waals surface area contributed by atoms with Crippen LogP contribution in [-0.2, 0) is 29.4 Å². The van der Waals surface area contributed by atoms with Gasteiger partial charge in [0.25, 0.3) is 15.9 Å². The number of sulfonamides is 1. The van der Waals surface area contributed by atoms with Gasteiger partial charge < -0.3 is 15.2 Å². The fourth-order valence-corrected chi connectivity index (χ4v) is 7.77. The molecule has 1 saturated heterocycles. The Morgan fingerprint density at radius 1 is 1.26 bits per heavy atom. The molecule has 0 bridgehead atoms. The standard InChI is InChI=1S/C24H26ClN7O5S2/c1-13-8-18-19(11-26-13)38-22(28-18)23(33)32-7-6-31(12-16(32)3-5-20-29-24(34)37-30-20)39(35,36)21-10-14-9-15(25)2-4-17(14)27-21/h2,4,9-10,13,16,26-27H,3,5-8,11-12H2,1H3,(H,29,30,34). The maximum Gasteiger partial charge on any atom is 0.438 e. The number of carbonyl (C=O) groups is 1. The molecule has 0 radical (unpaired) electrons. The van der Waals surface area contributed by atoms with E-state index in [1.807, 2.05) is 0 Å². The summed E-state index contributed by atoms with van der Waals surface area (Å²) in [5.41, 5.74) is 1.60. The van der Waals surface area contributed by atoms with E-state index in [2.05, 4.69) is 36.9 Å². The lowest BCUT2D eigenvalue weighted by molar-refractivity contribution is 0.0549. The molecule has 2 aliphatic heterocycles. The van der Waals surface area contributed by atoms with Crippen molar-refractivity contribution in [1.29, 1.82) is 0 Å². The SMILES string of the molecule is CC1Cc2nc(C(=O)N3CCN(S(=O)(=O)c4cc5cc(Cl)ccc5[nH]4)CC3CCc3noc(=O)[nH]3)sc2CN1. The highest BCUT2D eigenvalue weighted by Crippen LogP contribution is 2.29. The molecule has 0 saturated carbocycles. The predicted molar refractivity (Wildman–Crippen MR) is 144 cm³/mol. The average molecular weight is 592 g/mol. The molecule has 5 heterocycles. The Bertz CT molecular complexity index is 1710. The zero-order valence-electron chi connectivity index (χ0n) is 20.9. The molecule has 2 unspecified atom stereocenters. The average Bonchev–Trinajstić information content (AvgIpc) is 3.64. The Hall–Kier alpha value is -3.04. The summed E-state index contributed by atoms with van der Waals surface area (Å²) < 4.78 is 33.3. The topological polar surface area (TPSA) is 157 Å². The van der Waals surface area contributed by atoms with Crippen LogP contribution in [0.5, 0.6) is 0 Å². The van der Waals surface area contributed by atoms with Gasteiger partial charge in [0.2, 0.25) is 0 Å². The van der Waals surface area contributed by atoms with Crippen LogP contribution in [0.3, 0.4) is 0 Å². The van der Waals surface area contributed by atoms with Crippen molar-refractivity contribution in [2.45, 2.75) is 49.8 Å². The molecule has 39 heavy (non-hydrogen) atoms. The first-order chi connectivity index (χ1) is 18.7. The molecule has 12 nitrogen and oxygen atoms in total. The van der Waals surface area contributed by atoms with Crippen molar-refractivity contribution in [1.82, 2.24) is 34.6 Å². The van der Waals surface area contributed by atoms with E-state index in [9.17, 15) is 18.0 Å². The summed E-state index contributed by atoms with van der Waals surface area (Å²) in [5, 5.41) is 8.77. The number of rotatable bonds is 6. The van der Waals surface area contributed by atoms with E-state index in [0.29, 0.717) is 46.1 Å². The van der Waals surface area contributed by atoms with Crippen LogP contribution in [0.1, 0.15) is 39.5 Å². The fraction of sp³-hybridized carbons (Fsp3) is 0.417. The summed E-state index contributed by atoms with van der Waals surface area (Å²) in [6.45, 7) is 3.16. The molecule has 0 spiro atoms. The predicted octanol–water partition coefficient (Wildman–Crippen LogP) is 2.14. The number of fused-ring (bicyclic) bond motifs is 2. The lowest BCUT2D eigenvalue weighted by Gasteiger charge is -2.40. The van der Waals surface area contributed by atoms with Gasteiger partial charge in [-0.3, -0.25) is 14.3 Å². The molecule has 4 aromatic rings. The zero-order chi connectivity index (χ0) is 27.3. The minimum atomic E-state index is -3.89. The number of nitrogens with zero attached hydrogens (tertiary/aromatic N) is 4. The Labute approximate surface area is 232 Å². The second-order valence-corrected chi connectivity index (χ2v) is 13.3. The molecular formula is C24H26ClN7O5S2. The van der Waals surface area contributed by atoms with Gasteiger partial charge >= 0.3 is 5.76 Å². The quantitative estimate of drug-likeness (QED) is 0.308. The van der Waals surface area contributed by atoms with Crippen LogP contribution in [0.4, 0.5) is 0 Å². The monoisotopic (exact) mass is 591 g/mol. The molecular weight excluding hydrogens is 566 g/mol. The normalized spacial score (nSPS) is 20.4. The minimum Gasteiger partial charge on any atom is -0.345 e. The van der Waals surface area contributed by atoms with E-state index in [1.54, 1.807) is 29.2 Å². The van der Waals surface area contributed by atoms with Gasteiger partial charge in [-0.25, -0.2) is 18.2 Å². The summed E-state index contributed by atoms with van der Waals surface area (Å²) in [4.78, 5) is 37.9. The van der Waals surface area contributed by atoms with E-state index in [1.165, 1.54) is 15.6 Å². The summed E-state index contributed by atoms with van der Waals surface area (Å²) >= 11 is 7.46. The lowest BCUT2D eigenvalue weighted by atomic mass is 10.1. The van der Waals surface area contributed by atoms with Gasteiger partial charge in [-0.2, -0.15) is 4.31 Å². The molecule has 3 N–H and O–H groups in total. The maximum atomic E-state index is 13.7. The van der Waals surface area contributed by atoms with E-state index < -0.39 is 21.8 Å². The van der Waals surface area contributed by atoms with Gasteiger partial charge in [-0.1, -0.05) is 16.8 Å². The van der Waals surface area contributed by atoms with Crippen LogP contribution in [-0.4, -0.2) is 75.4 Å². The first-order valence-corrected chi connectivity index (χ1v) is 15.2. The second kappa shape index (κ2) is 10.2. The Kier molecular flexibility index (Phi) is 6.83. The number of aromatic amines is 2. The number of nitrogens with one attached hydrogen (secondary N) is 3. The molecule has 206 valence electrons. The van der Waals surface area contributed by atoms with Crippen LogP contribution >= 0.6 is 22.9 Å². The van der Waals surface area contributed by atoms with E-state index in [-0.39, 0.29) is 36.6 Å². The third kappa shape index (κ3) is 5.14. The number of aryl methyl sites for hydroxylation is 1. The summed E-state index contributed by atoms with van der Waals surface area (Å²) in [6, 6.07) is 6.51. The minimum absolute atomic E-state index is 0.0633. The van der Waals surface area contributed by atoms with Crippen LogP contribution < -0.4 is 11.1 Å². The first-order valence-electron chi connectivity index (χ1n) is 12.5. The van der Waals surface area contributed by atoms with Gasteiger partial charge in [0.1, 0.15) is 5.03 Å².